The fourth-order valence-corrected chi connectivity index (χ4v) is 1.10. The van der Waals surface area contributed by atoms with Crippen molar-refractivity contribution in [2.75, 3.05) is 6.79 Å². The number of benzene rings is 1. The molecule has 0 radical (unpaired) electrons. The molecular formula is C11H8FNO4. The fourth-order valence-electron chi connectivity index (χ4n) is 1.10. The number of esters is 1. The van der Waals surface area contributed by atoms with Gasteiger partial charge in [-0.25, -0.2) is 9.18 Å². The molecule has 0 unspecified atom stereocenters. The quantitative estimate of drug-likeness (QED) is 0.601. The van der Waals surface area contributed by atoms with E-state index in [0.717, 1.165) is 0 Å². The van der Waals surface area contributed by atoms with Gasteiger partial charge in [-0.3, -0.25) is 0 Å². The first-order valence-corrected chi connectivity index (χ1v) is 4.71. The van der Waals surface area contributed by atoms with E-state index in [4.69, 9.17) is 9.47 Å². The van der Waals surface area contributed by atoms with Crippen molar-refractivity contribution < 1.29 is 23.2 Å². The van der Waals surface area contributed by atoms with Crippen LogP contribution < -0.4 is 4.74 Å². The molecule has 6 heteroatoms. The van der Waals surface area contributed by atoms with Crippen molar-refractivity contribution in [3.05, 3.63) is 48.1 Å². The average molecular weight is 237 g/mol. The average Bonchev–Trinajstić information content (AvgIpc) is 2.82. The first-order valence-electron chi connectivity index (χ1n) is 4.71. The van der Waals surface area contributed by atoms with Gasteiger partial charge in [0.1, 0.15) is 17.8 Å². The minimum atomic E-state index is -0.671. The molecule has 0 fully saturated rings. The van der Waals surface area contributed by atoms with E-state index >= 15 is 0 Å². The van der Waals surface area contributed by atoms with Crippen LogP contribution in [0.25, 0.3) is 0 Å². The Morgan fingerprint density at radius 3 is 3.00 bits per heavy atom. The van der Waals surface area contributed by atoms with Crippen molar-refractivity contribution >= 4 is 5.97 Å². The molecule has 88 valence electrons. The molecule has 0 bridgehead atoms. The van der Waals surface area contributed by atoms with E-state index in [1.807, 2.05) is 0 Å². The van der Waals surface area contributed by atoms with Crippen LogP contribution in [0.2, 0.25) is 0 Å². The number of carbonyl (C=O) groups is 1. The highest BCUT2D eigenvalue weighted by molar-refractivity contribution is 5.86. The van der Waals surface area contributed by atoms with Gasteiger partial charge in [-0.2, -0.15) is 0 Å². The molecular weight excluding hydrogens is 229 g/mol. The Kier molecular flexibility index (Phi) is 3.34. The van der Waals surface area contributed by atoms with Crippen LogP contribution in [0.15, 0.2) is 41.1 Å². The van der Waals surface area contributed by atoms with Crippen LogP contribution in [0.1, 0.15) is 10.5 Å². The van der Waals surface area contributed by atoms with Gasteiger partial charge >= 0.3 is 5.97 Å². The smallest absolute Gasteiger partial charge is 0.363 e. The highest BCUT2D eigenvalue weighted by Gasteiger charge is 2.10. The Bertz CT molecular complexity index is 498. The highest BCUT2D eigenvalue weighted by atomic mass is 19.1. The van der Waals surface area contributed by atoms with Crippen molar-refractivity contribution in [1.29, 1.82) is 0 Å². The van der Waals surface area contributed by atoms with Crippen molar-refractivity contribution in [1.82, 2.24) is 5.16 Å². The lowest BCUT2D eigenvalue weighted by Crippen LogP contribution is -2.10. The molecule has 2 rings (SSSR count). The lowest BCUT2D eigenvalue weighted by atomic mass is 10.3. The van der Waals surface area contributed by atoms with E-state index in [-0.39, 0.29) is 18.2 Å². The molecule has 0 saturated carbocycles. The zero-order chi connectivity index (χ0) is 12.1. The summed E-state index contributed by atoms with van der Waals surface area (Å²) in [6, 6.07) is 6.87. The maximum Gasteiger partial charge on any atom is 0.363 e. The monoisotopic (exact) mass is 237 g/mol. The molecule has 1 aromatic heterocycles. The number of ether oxygens (including phenoxy) is 2. The van der Waals surface area contributed by atoms with E-state index in [9.17, 15) is 9.18 Å². The Labute approximate surface area is 95.7 Å². The van der Waals surface area contributed by atoms with Gasteiger partial charge in [-0.05, 0) is 12.1 Å². The number of rotatable bonds is 4. The molecule has 0 aliphatic rings. The Morgan fingerprint density at radius 1 is 1.41 bits per heavy atom. The zero-order valence-electron chi connectivity index (χ0n) is 8.63. The van der Waals surface area contributed by atoms with Gasteiger partial charge in [0.15, 0.2) is 5.69 Å². The van der Waals surface area contributed by atoms with Crippen molar-refractivity contribution in [2.45, 2.75) is 0 Å². The maximum atomic E-state index is 12.8. The summed E-state index contributed by atoms with van der Waals surface area (Å²) in [5, 5.41) is 3.39. The topological polar surface area (TPSA) is 61.6 Å². The van der Waals surface area contributed by atoms with Crippen LogP contribution in [-0.2, 0) is 4.74 Å². The standard InChI is InChI=1S/C11H8FNO4/c12-8-2-1-3-9(6-8)15-7-16-11(14)10-4-5-17-13-10/h1-6H,7H2. The van der Waals surface area contributed by atoms with Gasteiger partial charge in [0, 0.05) is 12.1 Å². The summed E-state index contributed by atoms with van der Waals surface area (Å²) in [5.74, 6) is -0.821. The molecule has 0 N–H and O–H groups in total. The zero-order valence-corrected chi connectivity index (χ0v) is 8.63. The SMILES string of the molecule is O=C(OCOc1cccc(F)c1)c1ccon1. The number of nitrogens with zero attached hydrogens (tertiary/aromatic N) is 1. The summed E-state index contributed by atoms with van der Waals surface area (Å²) in [4.78, 5) is 11.3. The second-order valence-electron chi connectivity index (χ2n) is 3.04. The van der Waals surface area contributed by atoms with Crippen LogP contribution >= 0.6 is 0 Å². The molecule has 0 spiro atoms. The Balaban J connectivity index is 1.82. The van der Waals surface area contributed by atoms with Gasteiger partial charge in [-0.1, -0.05) is 11.2 Å². The summed E-state index contributed by atoms with van der Waals surface area (Å²) in [6.07, 6.45) is 1.25. The van der Waals surface area contributed by atoms with E-state index in [2.05, 4.69) is 9.68 Å². The number of hydrogen-bond donors (Lipinski definition) is 0. The predicted octanol–water partition coefficient (Wildman–Crippen LogP) is 2.01. The first kappa shape index (κ1) is 11.1. The number of carbonyl (C=O) groups excluding carboxylic acids is 1. The first-order chi connectivity index (χ1) is 8.25. The third-order valence-electron chi connectivity index (χ3n) is 1.86. The highest BCUT2D eigenvalue weighted by Crippen LogP contribution is 2.11. The predicted molar refractivity (Wildman–Crippen MR) is 53.8 cm³/mol. The van der Waals surface area contributed by atoms with Crippen molar-refractivity contribution in [2.24, 2.45) is 0 Å². The largest absolute Gasteiger partial charge is 0.457 e. The molecule has 1 aromatic carbocycles. The second kappa shape index (κ2) is 5.11. The molecule has 17 heavy (non-hydrogen) atoms. The number of hydrogen-bond acceptors (Lipinski definition) is 5. The molecule has 0 amide bonds. The van der Waals surface area contributed by atoms with Crippen LogP contribution in [0, 0.1) is 5.82 Å². The summed E-state index contributed by atoms with van der Waals surface area (Å²) >= 11 is 0. The van der Waals surface area contributed by atoms with Gasteiger partial charge in [0.05, 0.1) is 0 Å². The van der Waals surface area contributed by atoms with E-state index in [1.165, 1.54) is 30.5 Å². The minimum Gasteiger partial charge on any atom is -0.457 e. The molecule has 0 atom stereocenters. The van der Waals surface area contributed by atoms with Gasteiger partial charge < -0.3 is 14.0 Å². The summed E-state index contributed by atoms with van der Waals surface area (Å²) in [6.45, 7) is -0.324. The van der Waals surface area contributed by atoms with Gasteiger partial charge in [0.25, 0.3) is 0 Å². The Morgan fingerprint density at radius 2 is 2.29 bits per heavy atom. The normalized spacial score (nSPS) is 9.94. The molecule has 2 aromatic rings. The van der Waals surface area contributed by atoms with Crippen LogP contribution in [0.5, 0.6) is 5.75 Å². The lowest BCUT2D eigenvalue weighted by Gasteiger charge is -2.05. The number of halogens is 1. The third-order valence-corrected chi connectivity index (χ3v) is 1.86. The minimum absolute atomic E-state index is 0.0489. The molecule has 5 nitrogen and oxygen atoms in total. The lowest BCUT2D eigenvalue weighted by molar-refractivity contribution is 0.0143. The maximum absolute atomic E-state index is 12.8. The van der Waals surface area contributed by atoms with Crippen molar-refractivity contribution in [3.63, 3.8) is 0 Å². The van der Waals surface area contributed by atoms with E-state index < -0.39 is 11.8 Å². The Hall–Kier alpha value is -2.37. The summed E-state index contributed by atoms with van der Waals surface area (Å²) in [5.41, 5.74) is 0.0489. The molecule has 0 aliphatic carbocycles. The van der Waals surface area contributed by atoms with Crippen LogP contribution in [-0.4, -0.2) is 17.9 Å². The van der Waals surface area contributed by atoms with Gasteiger partial charge in [-0.15, -0.1) is 0 Å². The van der Waals surface area contributed by atoms with Crippen molar-refractivity contribution in [3.8, 4) is 5.75 Å². The van der Waals surface area contributed by atoms with E-state index in [0.29, 0.717) is 0 Å². The molecule has 0 saturated heterocycles. The molecule has 0 aliphatic heterocycles. The number of aromatic nitrogens is 1. The second-order valence-corrected chi connectivity index (χ2v) is 3.04. The summed E-state index contributed by atoms with van der Waals surface area (Å²) < 4.78 is 27.0. The van der Waals surface area contributed by atoms with Crippen LogP contribution in [0.3, 0.4) is 0 Å². The third kappa shape index (κ3) is 3.04. The molecule has 1 heterocycles. The van der Waals surface area contributed by atoms with Gasteiger partial charge in [0.2, 0.25) is 6.79 Å². The van der Waals surface area contributed by atoms with Crippen LogP contribution in [0.4, 0.5) is 4.39 Å². The fraction of sp³-hybridized carbons (Fsp3) is 0.0909. The van der Waals surface area contributed by atoms with E-state index in [1.54, 1.807) is 6.07 Å². The summed E-state index contributed by atoms with van der Waals surface area (Å²) in [7, 11) is 0.